The molecule has 0 aliphatic carbocycles. The van der Waals surface area contributed by atoms with Gasteiger partial charge >= 0.3 is 0 Å². The summed E-state index contributed by atoms with van der Waals surface area (Å²) < 4.78 is 0. The highest BCUT2D eigenvalue weighted by molar-refractivity contribution is 7.99. The standard InChI is InChI=1S/C14H11NOS.C12H12N4OS.C2H6/c1-9-6-7-13-11(8-9)15-14(16)10-4-2-3-5-12(10)17-13;13-4-9-3-8(1-2-11(9)14)12-16-6-10(18-12)5-15-7-17;1-2/h2-8H,1H3,(H,15,16);1-4,6-7,13H,5,14H2,(H,15,17);1-2H3. The van der Waals surface area contributed by atoms with Crippen molar-refractivity contribution in [1.82, 2.24) is 10.3 Å². The third kappa shape index (κ3) is 7.05. The SMILES string of the molecule is CC.Cc1ccc2c(c1)NC(=O)c1ccccc1S2.N=Cc1cc(-c2ncc(CNC=O)s2)ccc1N. The zero-order valence-electron chi connectivity index (χ0n) is 20.9. The summed E-state index contributed by atoms with van der Waals surface area (Å²) in [6.07, 6.45) is 3.62. The molecule has 1 aliphatic heterocycles. The van der Waals surface area contributed by atoms with Gasteiger partial charge in [0, 0.05) is 43.9 Å². The van der Waals surface area contributed by atoms with Crippen LogP contribution in [0.5, 0.6) is 0 Å². The van der Waals surface area contributed by atoms with E-state index in [0.29, 0.717) is 24.2 Å². The smallest absolute Gasteiger partial charge is 0.256 e. The van der Waals surface area contributed by atoms with E-state index in [9.17, 15) is 9.59 Å². The number of aryl methyl sites for hydroxylation is 1. The number of nitrogen functional groups attached to an aromatic ring is 1. The van der Waals surface area contributed by atoms with Crippen LogP contribution in [0.25, 0.3) is 10.6 Å². The molecule has 2 heterocycles. The second-order valence-corrected chi connectivity index (χ2v) is 9.87. The molecule has 0 unspecified atom stereocenters. The van der Waals surface area contributed by atoms with Crippen molar-refractivity contribution < 1.29 is 9.59 Å². The van der Waals surface area contributed by atoms with Gasteiger partial charge in [-0.3, -0.25) is 9.59 Å². The number of nitrogens with zero attached hydrogens (tertiary/aromatic N) is 1. The van der Waals surface area contributed by atoms with Crippen LogP contribution in [0.15, 0.2) is 76.7 Å². The van der Waals surface area contributed by atoms with Crippen molar-refractivity contribution in [2.45, 2.75) is 37.1 Å². The Morgan fingerprint density at radius 3 is 2.62 bits per heavy atom. The fraction of sp³-hybridized carbons (Fsp3) is 0.143. The van der Waals surface area contributed by atoms with Crippen LogP contribution in [0.3, 0.4) is 0 Å². The van der Waals surface area contributed by atoms with Crippen LogP contribution in [-0.4, -0.2) is 23.5 Å². The number of carbonyl (C=O) groups is 2. The average Bonchev–Trinajstić information content (AvgIpc) is 3.34. The minimum Gasteiger partial charge on any atom is -0.398 e. The molecule has 0 saturated heterocycles. The number of rotatable bonds is 5. The number of benzene rings is 3. The highest BCUT2D eigenvalue weighted by Crippen LogP contribution is 2.38. The van der Waals surface area contributed by atoms with Gasteiger partial charge in [0.25, 0.3) is 5.91 Å². The Labute approximate surface area is 225 Å². The monoisotopic (exact) mass is 531 g/mol. The predicted molar refractivity (Wildman–Crippen MR) is 154 cm³/mol. The number of fused-ring (bicyclic) bond motifs is 2. The maximum Gasteiger partial charge on any atom is 0.256 e. The van der Waals surface area contributed by atoms with Crippen LogP contribution in [0, 0.1) is 12.3 Å². The lowest BCUT2D eigenvalue weighted by Crippen LogP contribution is -2.11. The van der Waals surface area contributed by atoms with Gasteiger partial charge in [-0.05, 0) is 55.0 Å². The number of hydrogen-bond donors (Lipinski definition) is 4. The van der Waals surface area contributed by atoms with Crippen LogP contribution in [0.4, 0.5) is 11.4 Å². The van der Waals surface area contributed by atoms with E-state index in [1.54, 1.807) is 24.0 Å². The first kappa shape index (κ1) is 27.6. The Morgan fingerprint density at radius 1 is 1.08 bits per heavy atom. The highest BCUT2D eigenvalue weighted by Gasteiger charge is 2.19. The van der Waals surface area contributed by atoms with Crippen LogP contribution < -0.4 is 16.4 Å². The van der Waals surface area contributed by atoms with Gasteiger partial charge in [0.1, 0.15) is 5.01 Å². The summed E-state index contributed by atoms with van der Waals surface area (Å²) in [6, 6.07) is 19.3. The first-order valence-corrected chi connectivity index (χ1v) is 13.3. The lowest BCUT2D eigenvalue weighted by molar-refractivity contribution is -0.109. The zero-order chi connectivity index (χ0) is 26.8. The number of thiazole rings is 1. The molecule has 0 spiro atoms. The molecule has 9 heteroatoms. The summed E-state index contributed by atoms with van der Waals surface area (Å²) in [4.78, 5) is 29.6. The molecule has 4 aromatic rings. The minimum absolute atomic E-state index is 0.0301. The Balaban J connectivity index is 0.000000193. The van der Waals surface area contributed by atoms with E-state index in [0.717, 1.165) is 42.1 Å². The van der Waals surface area contributed by atoms with Gasteiger partial charge in [0.15, 0.2) is 0 Å². The van der Waals surface area contributed by atoms with E-state index in [1.165, 1.54) is 17.6 Å². The number of nitrogens with two attached hydrogens (primary N) is 1. The molecule has 190 valence electrons. The molecule has 0 saturated carbocycles. The summed E-state index contributed by atoms with van der Waals surface area (Å²) in [5, 5.41) is 13.7. The molecule has 0 atom stereocenters. The lowest BCUT2D eigenvalue weighted by atomic mass is 10.1. The maximum atomic E-state index is 12.1. The third-order valence-electron chi connectivity index (χ3n) is 5.14. The summed E-state index contributed by atoms with van der Waals surface area (Å²) in [6.45, 7) is 6.50. The molecule has 2 amide bonds. The summed E-state index contributed by atoms with van der Waals surface area (Å²) in [7, 11) is 0. The fourth-order valence-electron chi connectivity index (χ4n) is 3.38. The first-order valence-electron chi connectivity index (χ1n) is 11.7. The van der Waals surface area contributed by atoms with Gasteiger partial charge in [0.2, 0.25) is 6.41 Å². The van der Waals surface area contributed by atoms with Gasteiger partial charge in [-0.15, -0.1) is 11.3 Å². The van der Waals surface area contributed by atoms with E-state index in [1.807, 2.05) is 63.2 Å². The predicted octanol–water partition coefficient (Wildman–Crippen LogP) is 6.37. The van der Waals surface area contributed by atoms with Gasteiger partial charge < -0.3 is 21.8 Å². The van der Waals surface area contributed by atoms with E-state index in [4.69, 9.17) is 11.1 Å². The van der Waals surface area contributed by atoms with E-state index in [2.05, 4.69) is 27.8 Å². The Morgan fingerprint density at radius 2 is 1.86 bits per heavy atom. The molecular weight excluding hydrogens is 502 g/mol. The largest absolute Gasteiger partial charge is 0.398 e. The number of amides is 2. The Hall–Kier alpha value is -3.95. The Kier molecular flexibility index (Phi) is 10.00. The van der Waals surface area contributed by atoms with Gasteiger partial charge in [0.05, 0.1) is 17.8 Å². The van der Waals surface area contributed by atoms with Crippen molar-refractivity contribution in [3.05, 3.63) is 88.4 Å². The summed E-state index contributed by atoms with van der Waals surface area (Å²) in [5.41, 5.74) is 10.7. The molecule has 3 aromatic carbocycles. The first-order chi connectivity index (χ1) is 18.0. The number of carbonyl (C=O) groups excluding carboxylic acids is 2. The zero-order valence-corrected chi connectivity index (χ0v) is 22.5. The fourth-order valence-corrected chi connectivity index (χ4v) is 5.25. The number of nitrogens with one attached hydrogen (secondary N) is 3. The van der Waals surface area contributed by atoms with E-state index in [-0.39, 0.29) is 5.91 Å². The average molecular weight is 532 g/mol. The topological polar surface area (TPSA) is 121 Å². The molecule has 1 aromatic heterocycles. The normalized spacial score (nSPS) is 11.2. The third-order valence-corrected chi connectivity index (χ3v) is 7.34. The minimum atomic E-state index is -0.0301. The van der Waals surface area contributed by atoms with E-state index >= 15 is 0 Å². The molecule has 37 heavy (non-hydrogen) atoms. The summed E-state index contributed by atoms with van der Waals surface area (Å²) in [5.74, 6) is -0.0301. The van der Waals surface area contributed by atoms with Crippen molar-refractivity contribution in [3.63, 3.8) is 0 Å². The summed E-state index contributed by atoms with van der Waals surface area (Å²) >= 11 is 3.13. The second kappa shape index (κ2) is 13.4. The Bertz CT molecular complexity index is 1400. The van der Waals surface area contributed by atoms with Gasteiger partial charge in [-0.2, -0.15) is 0 Å². The molecule has 5 rings (SSSR count). The van der Waals surface area contributed by atoms with Crippen LogP contribution in [0.2, 0.25) is 0 Å². The molecule has 1 aliphatic rings. The van der Waals surface area contributed by atoms with Gasteiger partial charge in [-0.25, -0.2) is 4.98 Å². The van der Waals surface area contributed by atoms with Crippen molar-refractivity contribution in [2.75, 3.05) is 11.1 Å². The quantitative estimate of drug-likeness (QED) is 0.135. The molecule has 0 fully saturated rings. The number of hydrogen-bond acceptors (Lipinski definition) is 7. The molecule has 7 nitrogen and oxygen atoms in total. The van der Waals surface area contributed by atoms with Crippen molar-refractivity contribution in [3.8, 4) is 10.6 Å². The molecule has 5 N–H and O–H groups in total. The maximum absolute atomic E-state index is 12.1. The molecule has 0 radical (unpaired) electrons. The molecule has 0 bridgehead atoms. The van der Waals surface area contributed by atoms with Gasteiger partial charge in [-0.1, -0.05) is 43.8 Å². The van der Waals surface area contributed by atoms with E-state index < -0.39 is 0 Å². The highest BCUT2D eigenvalue weighted by atomic mass is 32.2. The van der Waals surface area contributed by atoms with Crippen LogP contribution in [0.1, 0.15) is 40.2 Å². The van der Waals surface area contributed by atoms with Crippen LogP contribution in [-0.2, 0) is 11.3 Å². The van der Waals surface area contributed by atoms with Crippen molar-refractivity contribution >= 4 is 53.0 Å². The van der Waals surface area contributed by atoms with Crippen molar-refractivity contribution in [1.29, 1.82) is 5.41 Å². The number of anilines is 2. The number of aromatic nitrogens is 1. The lowest BCUT2D eigenvalue weighted by Gasteiger charge is -2.06. The van der Waals surface area contributed by atoms with Crippen LogP contribution >= 0.6 is 23.1 Å². The van der Waals surface area contributed by atoms with Crippen molar-refractivity contribution in [2.24, 2.45) is 0 Å². The molecular formula is C28H29N5O2S2. The second-order valence-electron chi connectivity index (χ2n) is 7.67.